The average Bonchev–Trinajstić information content (AvgIpc) is 2.83. The molecule has 36 heavy (non-hydrogen) atoms. The van der Waals surface area contributed by atoms with Gasteiger partial charge < -0.3 is 10.5 Å². The van der Waals surface area contributed by atoms with Crippen molar-refractivity contribution in [2.24, 2.45) is 14.1 Å². The molecule has 0 bridgehead atoms. The van der Waals surface area contributed by atoms with Crippen LogP contribution in [0.15, 0.2) is 56.9 Å². The minimum atomic E-state index is -4.21. The summed E-state index contributed by atoms with van der Waals surface area (Å²) in [4.78, 5) is 50.0. The SMILES string of the molecule is Cc1cc(S(=O)(=O)Nc2ccccc2C(=O)O[C@H](C)C(=O)c2c(N)n(C)c(=O)n(C)c2=O)ccc1F. The fraction of sp³-hybridized carbons (Fsp3) is 0.217. The highest BCUT2D eigenvalue weighted by Crippen LogP contribution is 2.23. The van der Waals surface area contributed by atoms with E-state index in [1.807, 2.05) is 0 Å². The van der Waals surface area contributed by atoms with Crippen LogP contribution in [-0.2, 0) is 28.9 Å². The summed E-state index contributed by atoms with van der Waals surface area (Å²) >= 11 is 0. The smallest absolute Gasteiger partial charge is 0.340 e. The van der Waals surface area contributed by atoms with Crippen molar-refractivity contribution in [3.63, 3.8) is 0 Å². The molecular formula is C23H23FN4O7S. The molecule has 0 unspecified atom stereocenters. The van der Waals surface area contributed by atoms with Gasteiger partial charge in [-0.25, -0.2) is 22.4 Å². The average molecular weight is 519 g/mol. The van der Waals surface area contributed by atoms with Crippen LogP contribution in [0.25, 0.3) is 0 Å². The second kappa shape index (κ2) is 9.77. The second-order valence-corrected chi connectivity index (χ2v) is 9.62. The second-order valence-electron chi connectivity index (χ2n) is 7.94. The molecule has 0 spiro atoms. The van der Waals surface area contributed by atoms with E-state index in [1.54, 1.807) is 0 Å². The standard InChI is InChI=1S/C23H23FN4O7S/c1-12-11-14(9-10-16(12)24)36(33,34)26-17-8-6-5-7-15(17)22(31)35-13(2)19(29)18-20(25)27(3)23(32)28(4)21(18)30/h5-11,13,26H,25H2,1-4H3/t13-/m1/s1. The highest BCUT2D eigenvalue weighted by atomic mass is 32.2. The number of ketones is 1. The molecule has 0 fully saturated rings. The molecule has 1 heterocycles. The molecule has 0 aliphatic rings. The van der Waals surface area contributed by atoms with Gasteiger partial charge in [-0.05, 0) is 49.7 Å². The molecular weight excluding hydrogens is 495 g/mol. The van der Waals surface area contributed by atoms with Gasteiger partial charge in [0.25, 0.3) is 15.6 Å². The predicted octanol–water partition coefficient (Wildman–Crippen LogP) is 1.34. The molecule has 0 saturated carbocycles. The van der Waals surface area contributed by atoms with E-state index in [2.05, 4.69) is 4.72 Å². The first-order chi connectivity index (χ1) is 16.8. The fourth-order valence-electron chi connectivity index (χ4n) is 3.31. The Morgan fingerprint density at radius 2 is 1.72 bits per heavy atom. The van der Waals surface area contributed by atoms with Gasteiger partial charge in [0.2, 0.25) is 5.78 Å². The number of ether oxygens (including phenoxy) is 1. The Morgan fingerprint density at radius 1 is 1.08 bits per heavy atom. The third-order valence-corrected chi connectivity index (χ3v) is 6.80. The van der Waals surface area contributed by atoms with Crippen LogP contribution in [0.2, 0.25) is 0 Å². The van der Waals surface area contributed by atoms with Gasteiger partial charge in [0.1, 0.15) is 17.2 Å². The Hall–Kier alpha value is -4.26. The van der Waals surface area contributed by atoms with Crippen LogP contribution in [-0.4, -0.2) is 35.4 Å². The van der Waals surface area contributed by atoms with E-state index in [0.717, 1.165) is 22.8 Å². The Kier molecular flexibility index (Phi) is 7.15. The number of anilines is 2. The number of halogens is 1. The van der Waals surface area contributed by atoms with Crippen molar-refractivity contribution in [2.45, 2.75) is 24.8 Å². The molecule has 3 N–H and O–H groups in total. The van der Waals surface area contributed by atoms with Crippen molar-refractivity contribution in [3.05, 3.63) is 85.8 Å². The van der Waals surface area contributed by atoms with E-state index < -0.39 is 56.3 Å². The number of aromatic nitrogens is 2. The number of nitrogen functional groups attached to an aromatic ring is 1. The number of carbonyl (C=O) groups excluding carboxylic acids is 2. The molecule has 3 aromatic rings. The van der Waals surface area contributed by atoms with Gasteiger partial charge in [0, 0.05) is 14.1 Å². The van der Waals surface area contributed by atoms with E-state index in [1.165, 1.54) is 52.2 Å². The molecule has 0 radical (unpaired) electrons. The highest BCUT2D eigenvalue weighted by molar-refractivity contribution is 7.92. The first kappa shape index (κ1) is 26.3. The van der Waals surface area contributed by atoms with E-state index in [-0.39, 0.29) is 21.7 Å². The number of carbonyl (C=O) groups is 2. The van der Waals surface area contributed by atoms with Crippen LogP contribution < -0.4 is 21.7 Å². The van der Waals surface area contributed by atoms with Crippen LogP contribution in [0.4, 0.5) is 15.9 Å². The summed E-state index contributed by atoms with van der Waals surface area (Å²) in [7, 11) is -1.76. The van der Waals surface area contributed by atoms with Gasteiger partial charge in [-0.1, -0.05) is 12.1 Å². The number of benzene rings is 2. The summed E-state index contributed by atoms with van der Waals surface area (Å²) in [6.07, 6.45) is -1.51. The Balaban J connectivity index is 1.89. The monoisotopic (exact) mass is 518 g/mol. The lowest BCUT2D eigenvalue weighted by Gasteiger charge is -2.17. The van der Waals surface area contributed by atoms with Gasteiger partial charge in [-0.2, -0.15) is 0 Å². The number of nitrogens with zero attached hydrogens (tertiary/aromatic N) is 2. The zero-order chi connectivity index (χ0) is 26.9. The number of hydrogen-bond acceptors (Lipinski definition) is 8. The van der Waals surface area contributed by atoms with Crippen molar-refractivity contribution >= 4 is 33.3 Å². The Morgan fingerprint density at radius 3 is 2.36 bits per heavy atom. The van der Waals surface area contributed by atoms with Crippen LogP contribution in [0, 0.1) is 12.7 Å². The molecule has 2 aromatic carbocycles. The molecule has 1 aromatic heterocycles. The Bertz CT molecular complexity index is 1610. The summed E-state index contributed by atoms with van der Waals surface area (Å²) in [6, 6.07) is 8.71. The zero-order valence-electron chi connectivity index (χ0n) is 19.7. The lowest BCUT2D eigenvalue weighted by molar-refractivity contribution is 0.0319. The number of hydrogen-bond donors (Lipinski definition) is 2. The molecule has 0 aliphatic heterocycles. The summed E-state index contributed by atoms with van der Waals surface area (Å²) in [5, 5.41) is 0. The first-order valence-electron chi connectivity index (χ1n) is 10.4. The van der Waals surface area contributed by atoms with Gasteiger partial charge in [-0.3, -0.25) is 23.4 Å². The maximum absolute atomic E-state index is 13.6. The zero-order valence-corrected chi connectivity index (χ0v) is 20.6. The number of nitrogens with two attached hydrogens (primary N) is 1. The summed E-state index contributed by atoms with van der Waals surface area (Å²) in [5.74, 6) is -2.98. The van der Waals surface area contributed by atoms with Crippen LogP contribution in [0.1, 0.15) is 33.2 Å². The molecule has 13 heteroatoms. The number of Topliss-reactive ketones (excluding diaryl/α,β-unsaturated/α-hetero) is 1. The fourth-order valence-corrected chi connectivity index (χ4v) is 4.47. The molecule has 0 aliphatic carbocycles. The van der Waals surface area contributed by atoms with Gasteiger partial charge in [-0.15, -0.1) is 0 Å². The minimum Gasteiger partial charge on any atom is -0.451 e. The van der Waals surface area contributed by atoms with Crippen molar-refractivity contribution < 1.29 is 27.1 Å². The summed E-state index contributed by atoms with van der Waals surface area (Å²) in [6.45, 7) is 2.61. The molecule has 3 rings (SSSR count). The number of nitrogens with one attached hydrogen (secondary N) is 1. The largest absolute Gasteiger partial charge is 0.451 e. The number of sulfonamides is 1. The van der Waals surface area contributed by atoms with Crippen LogP contribution >= 0.6 is 0 Å². The quantitative estimate of drug-likeness (QED) is 0.350. The topological polar surface area (TPSA) is 160 Å². The summed E-state index contributed by atoms with van der Waals surface area (Å²) < 4.78 is 48.2. The first-order valence-corrected chi connectivity index (χ1v) is 11.9. The molecule has 0 amide bonds. The van der Waals surface area contributed by atoms with E-state index in [9.17, 15) is 32.0 Å². The lowest BCUT2D eigenvalue weighted by atomic mass is 10.1. The van der Waals surface area contributed by atoms with E-state index in [0.29, 0.717) is 4.57 Å². The lowest BCUT2D eigenvalue weighted by Crippen LogP contribution is -2.43. The third kappa shape index (κ3) is 4.91. The van der Waals surface area contributed by atoms with Crippen molar-refractivity contribution in [1.29, 1.82) is 0 Å². The maximum Gasteiger partial charge on any atom is 0.340 e. The number of para-hydroxylation sites is 1. The maximum atomic E-state index is 13.6. The number of rotatable bonds is 7. The minimum absolute atomic E-state index is 0.113. The predicted molar refractivity (Wildman–Crippen MR) is 129 cm³/mol. The molecule has 0 saturated heterocycles. The molecule has 1 atom stereocenters. The van der Waals surface area contributed by atoms with E-state index in [4.69, 9.17) is 10.5 Å². The van der Waals surface area contributed by atoms with Gasteiger partial charge in [0.15, 0.2) is 6.10 Å². The third-order valence-electron chi connectivity index (χ3n) is 5.44. The van der Waals surface area contributed by atoms with E-state index >= 15 is 0 Å². The molecule has 190 valence electrons. The summed E-state index contributed by atoms with van der Waals surface area (Å²) in [5.41, 5.74) is 3.31. The van der Waals surface area contributed by atoms with Gasteiger partial charge in [0.05, 0.1) is 16.1 Å². The molecule has 11 nitrogen and oxygen atoms in total. The Labute approximate surface area is 205 Å². The van der Waals surface area contributed by atoms with Crippen molar-refractivity contribution in [2.75, 3.05) is 10.5 Å². The number of aryl methyl sites for hydroxylation is 1. The van der Waals surface area contributed by atoms with Crippen LogP contribution in [0.3, 0.4) is 0 Å². The van der Waals surface area contributed by atoms with Crippen LogP contribution in [0.5, 0.6) is 0 Å². The van der Waals surface area contributed by atoms with Gasteiger partial charge >= 0.3 is 11.7 Å². The highest BCUT2D eigenvalue weighted by Gasteiger charge is 2.28. The number of esters is 1. The van der Waals surface area contributed by atoms with Crippen molar-refractivity contribution in [3.8, 4) is 0 Å². The normalized spacial score (nSPS) is 12.1. The van der Waals surface area contributed by atoms with Crippen molar-refractivity contribution in [1.82, 2.24) is 9.13 Å².